The molecule has 0 amide bonds. The Kier molecular flexibility index (Phi) is 3.96. The van der Waals surface area contributed by atoms with Gasteiger partial charge >= 0.3 is 5.97 Å². The molecule has 2 aromatic heterocycles. The number of carbonyl (C=O) groups excluding carboxylic acids is 1. The van der Waals surface area contributed by atoms with Crippen molar-refractivity contribution < 1.29 is 9.53 Å². The van der Waals surface area contributed by atoms with Crippen molar-refractivity contribution in [1.29, 1.82) is 0 Å². The van der Waals surface area contributed by atoms with Gasteiger partial charge < -0.3 is 9.72 Å². The van der Waals surface area contributed by atoms with E-state index in [1.54, 1.807) is 6.07 Å². The maximum atomic E-state index is 11.7. The predicted octanol–water partition coefficient (Wildman–Crippen LogP) is 2.42. The second kappa shape index (κ2) is 5.34. The second-order valence-corrected chi connectivity index (χ2v) is 6.74. The lowest BCUT2D eigenvalue weighted by Gasteiger charge is -2.19. The monoisotopic (exact) mass is 298 g/mol. The molecule has 0 bridgehead atoms. The van der Waals surface area contributed by atoms with Crippen LogP contribution in [-0.2, 0) is 9.53 Å². The highest BCUT2D eigenvalue weighted by atomic mass is 32.2. The number of rotatable bonds is 3. The van der Waals surface area contributed by atoms with E-state index in [-0.39, 0.29) is 17.3 Å². The average Bonchev–Trinajstić information content (AvgIpc) is 2.72. The minimum absolute atomic E-state index is 0.122. The lowest BCUT2D eigenvalue weighted by atomic mass is 10.2. The Labute approximate surface area is 118 Å². The minimum atomic E-state index is -0.504. The Morgan fingerprint density at radius 3 is 2.95 bits per heavy atom. The minimum Gasteiger partial charge on any atom is -0.459 e. The number of ether oxygens (including phenoxy) is 1. The first-order valence-electron chi connectivity index (χ1n) is 5.67. The van der Waals surface area contributed by atoms with Crippen LogP contribution < -0.4 is 5.56 Å². The van der Waals surface area contributed by atoms with Crippen LogP contribution in [0.2, 0.25) is 0 Å². The zero-order valence-electron chi connectivity index (χ0n) is 10.9. The molecule has 7 heteroatoms. The van der Waals surface area contributed by atoms with Crippen LogP contribution in [0, 0.1) is 0 Å². The first kappa shape index (κ1) is 14.1. The molecule has 0 aliphatic carbocycles. The third-order valence-corrected chi connectivity index (χ3v) is 3.71. The van der Waals surface area contributed by atoms with Crippen LogP contribution in [0.4, 0.5) is 0 Å². The highest BCUT2D eigenvalue weighted by molar-refractivity contribution is 7.99. The Morgan fingerprint density at radius 2 is 2.26 bits per heavy atom. The Morgan fingerprint density at radius 1 is 1.53 bits per heavy atom. The molecule has 0 aromatic carbocycles. The van der Waals surface area contributed by atoms with Crippen molar-refractivity contribution >= 4 is 39.3 Å². The summed E-state index contributed by atoms with van der Waals surface area (Å²) in [7, 11) is 0. The number of nitrogens with one attached hydrogen (secondary N) is 1. The van der Waals surface area contributed by atoms with E-state index in [0.717, 1.165) is 0 Å². The van der Waals surface area contributed by atoms with Gasteiger partial charge in [0.25, 0.3) is 5.56 Å². The fourth-order valence-corrected chi connectivity index (χ4v) is 2.87. The zero-order chi connectivity index (χ0) is 14.0. The van der Waals surface area contributed by atoms with Crippen molar-refractivity contribution in [2.45, 2.75) is 31.5 Å². The molecule has 0 saturated heterocycles. The van der Waals surface area contributed by atoms with Crippen LogP contribution in [0.3, 0.4) is 0 Å². The summed E-state index contributed by atoms with van der Waals surface area (Å²) in [6, 6.07) is 1.73. The van der Waals surface area contributed by atoms with Crippen molar-refractivity contribution in [1.82, 2.24) is 9.97 Å². The van der Waals surface area contributed by atoms with Crippen molar-refractivity contribution in [2.75, 3.05) is 5.75 Å². The topological polar surface area (TPSA) is 72.0 Å². The van der Waals surface area contributed by atoms with Crippen LogP contribution in [0.15, 0.2) is 21.4 Å². The smallest absolute Gasteiger partial charge is 0.316 e. The van der Waals surface area contributed by atoms with E-state index < -0.39 is 5.60 Å². The summed E-state index contributed by atoms with van der Waals surface area (Å²) >= 11 is 2.57. The first-order chi connectivity index (χ1) is 8.85. The van der Waals surface area contributed by atoms with E-state index in [1.807, 2.05) is 26.2 Å². The summed E-state index contributed by atoms with van der Waals surface area (Å²) in [6.45, 7) is 5.44. The van der Waals surface area contributed by atoms with Gasteiger partial charge in [-0.15, -0.1) is 11.3 Å². The van der Waals surface area contributed by atoms with Gasteiger partial charge in [0.15, 0.2) is 5.16 Å². The molecule has 0 atom stereocenters. The Balaban J connectivity index is 2.06. The second-order valence-electron chi connectivity index (χ2n) is 4.89. The van der Waals surface area contributed by atoms with Crippen molar-refractivity contribution in [3.05, 3.63) is 21.8 Å². The van der Waals surface area contributed by atoms with Gasteiger partial charge in [0, 0.05) is 0 Å². The highest BCUT2D eigenvalue weighted by Crippen LogP contribution is 2.19. The lowest BCUT2D eigenvalue weighted by molar-refractivity contribution is -0.151. The molecule has 0 saturated carbocycles. The van der Waals surface area contributed by atoms with Crippen LogP contribution in [-0.4, -0.2) is 27.3 Å². The molecule has 5 nitrogen and oxygen atoms in total. The predicted molar refractivity (Wildman–Crippen MR) is 76.8 cm³/mol. The molecule has 0 radical (unpaired) electrons. The molecule has 0 spiro atoms. The quantitative estimate of drug-likeness (QED) is 0.535. The first-order valence-corrected chi connectivity index (χ1v) is 7.54. The van der Waals surface area contributed by atoms with E-state index >= 15 is 0 Å². The van der Waals surface area contributed by atoms with Gasteiger partial charge in [0.1, 0.15) is 10.4 Å². The highest BCUT2D eigenvalue weighted by Gasteiger charge is 2.17. The molecule has 0 aliphatic heterocycles. The number of thioether (sulfide) groups is 1. The molecule has 19 heavy (non-hydrogen) atoms. The molecule has 0 unspecified atom stereocenters. The average molecular weight is 298 g/mol. The van der Waals surface area contributed by atoms with Gasteiger partial charge in [0.05, 0.1) is 11.1 Å². The van der Waals surface area contributed by atoms with E-state index in [2.05, 4.69) is 9.97 Å². The fraction of sp³-hybridized carbons (Fsp3) is 0.417. The third kappa shape index (κ3) is 3.81. The van der Waals surface area contributed by atoms with E-state index in [4.69, 9.17) is 4.74 Å². The molecule has 2 rings (SSSR count). The van der Waals surface area contributed by atoms with Gasteiger partial charge in [0.2, 0.25) is 0 Å². The number of aromatic nitrogens is 2. The number of thiophene rings is 1. The van der Waals surface area contributed by atoms with Gasteiger partial charge in [-0.1, -0.05) is 11.8 Å². The number of H-pyrrole nitrogens is 1. The molecule has 0 aliphatic rings. The molecule has 2 aromatic rings. The largest absolute Gasteiger partial charge is 0.459 e. The summed E-state index contributed by atoms with van der Waals surface area (Å²) in [5.41, 5.74) is -0.686. The number of nitrogens with zero attached hydrogens (tertiary/aromatic N) is 1. The molecule has 102 valence electrons. The van der Waals surface area contributed by atoms with Gasteiger partial charge in [-0.2, -0.15) is 0 Å². The third-order valence-electron chi connectivity index (χ3n) is 2.06. The summed E-state index contributed by atoms with van der Waals surface area (Å²) in [5.74, 6) is -0.205. The maximum Gasteiger partial charge on any atom is 0.316 e. The molecule has 0 fully saturated rings. The normalized spacial score (nSPS) is 11.7. The number of aromatic amines is 1. The fourth-order valence-electron chi connectivity index (χ4n) is 1.41. The van der Waals surface area contributed by atoms with Crippen molar-refractivity contribution in [2.24, 2.45) is 0 Å². The number of carbonyl (C=O) groups is 1. The van der Waals surface area contributed by atoms with Crippen LogP contribution in [0.25, 0.3) is 10.2 Å². The zero-order valence-corrected chi connectivity index (χ0v) is 12.5. The van der Waals surface area contributed by atoms with Crippen LogP contribution in [0.5, 0.6) is 0 Å². The summed E-state index contributed by atoms with van der Waals surface area (Å²) < 4.78 is 5.19. The summed E-state index contributed by atoms with van der Waals surface area (Å²) in [4.78, 5) is 30.9. The Bertz CT molecular complexity index is 655. The molecular formula is C12H14N2O3S2. The number of fused-ring (bicyclic) bond motifs is 1. The van der Waals surface area contributed by atoms with Gasteiger partial charge in [-0.25, -0.2) is 4.98 Å². The molecule has 1 N–H and O–H groups in total. The van der Waals surface area contributed by atoms with Crippen LogP contribution >= 0.6 is 23.1 Å². The summed E-state index contributed by atoms with van der Waals surface area (Å²) in [6.07, 6.45) is 0. The Hall–Kier alpha value is -1.34. The SMILES string of the molecule is CC(C)(C)OC(=O)CSc1nc2sccc2c(=O)[nH]1. The number of hydrogen-bond acceptors (Lipinski definition) is 6. The van der Waals surface area contributed by atoms with Crippen LogP contribution in [0.1, 0.15) is 20.8 Å². The standard InChI is InChI=1S/C12H14N2O3S2/c1-12(2,3)17-8(15)6-19-11-13-9(16)7-4-5-18-10(7)14-11/h4-5H,6H2,1-3H3,(H,13,14,16). The lowest BCUT2D eigenvalue weighted by Crippen LogP contribution is -2.25. The van der Waals surface area contributed by atoms with E-state index in [9.17, 15) is 9.59 Å². The van der Waals surface area contributed by atoms with Crippen molar-refractivity contribution in [3.8, 4) is 0 Å². The number of esters is 1. The van der Waals surface area contributed by atoms with Crippen molar-refractivity contribution in [3.63, 3.8) is 0 Å². The number of hydrogen-bond donors (Lipinski definition) is 1. The van der Waals surface area contributed by atoms with E-state index in [1.165, 1.54) is 23.1 Å². The van der Waals surface area contributed by atoms with E-state index in [0.29, 0.717) is 15.4 Å². The summed E-state index contributed by atoms with van der Waals surface area (Å²) in [5, 5.41) is 2.83. The van der Waals surface area contributed by atoms with Gasteiger partial charge in [-0.05, 0) is 32.2 Å². The molecular weight excluding hydrogens is 284 g/mol. The molecule has 2 heterocycles. The van der Waals surface area contributed by atoms with Gasteiger partial charge in [-0.3, -0.25) is 9.59 Å². The maximum absolute atomic E-state index is 11.7.